The number of nitrogens with one attached hydrogen (secondary N) is 3. The molecule has 0 bridgehead atoms. The van der Waals surface area contributed by atoms with E-state index in [1.165, 1.54) is 30.4 Å². The second-order valence-corrected chi connectivity index (χ2v) is 13.8. The number of aromatic amines is 1. The molecule has 1 spiro atoms. The summed E-state index contributed by atoms with van der Waals surface area (Å²) in [5, 5.41) is 7.18. The van der Waals surface area contributed by atoms with Gasteiger partial charge >= 0.3 is 0 Å². The van der Waals surface area contributed by atoms with Gasteiger partial charge < -0.3 is 25.4 Å². The van der Waals surface area contributed by atoms with Crippen LogP contribution in [0.25, 0.3) is 11.0 Å². The summed E-state index contributed by atoms with van der Waals surface area (Å²) in [6, 6.07) is 14.2. The molecule has 4 aromatic rings. The van der Waals surface area contributed by atoms with E-state index in [4.69, 9.17) is 0 Å². The van der Waals surface area contributed by atoms with Gasteiger partial charge in [0, 0.05) is 38.6 Å². The highest BCUT2D eigenvalue weighted by atomic mass is 32.2. The fourth-order valence-corrected chi connectivity index (χ4v) is 7.16. The van der Waals surface area contributed by atoms with E-state index in [0.29, 0.717) is 39.6 Å². The van der Waals surface area contributed by atoms with Gasteiger partial charge in [-0.3, -0.25) is 4.31 Å². The normalized spacial score (nSPS) is 17.1. The minimum Gasteiger partial charge on any atom is -0.369 e. The molecular formula is C31H39FN8O2S. The fourth-order valence-electron chi connectivity index (χ4n) is 6.32. The number of H-pyrrole nitrogens is 1. The van der Waals surface area contributed by atoms with Crippen molar-refractivity contribution in [1.82, 2.24) is 19.9 Å². The van der Waals surface area contributed by atoms with E-state index in [0.717, 1.165) is 44.4 Å². The van der Waals surface area contributed by atoms with Gasteiger partial charge in [-0.15, -0.1) is 0 Å². The van der Waals surface area contributed by atoms with Crippen molar-refractivity contribution in [2.45, 2.75) is 33.1 Å². The molecule has 3 N–H and O–H groups in total. The Kier molecular flexibility index (Phi) is 7.91. The Morgan fingerprint density at radius 1 is 1.02 bits per heavy atom. The Morgan fingerprint density at radius 2 is 1.79 bits per heavy atom. The number of rotatable bonds is 9. The molecular weight excluding hydrogens is 567 g/mol. The van der Waals surface area contributed by atoms with Crippen LogP contribution in [0.5, 0.6) is 0 Å². The number of sulfonamides is 1. The maximum Gasteiger partial charge on any atom is 0.234 e. The summed E-state index contributed by atoms with van der Waals surface area (Å²) in [6.45, 7) is 8.98. The highest BCUT2D eigenvalue weighted by molar-refractivity contribution is 7.92. The topological polar surface area (TPSA) is 109 Å². The van der Waals surface area contributed by atoms with Crippen LogP contribution >= 0.6 is 0 Å². The number of piperidine rings is 1. The predicted octanol–water partition coefficient (Wildman–Crippen LogP) is 5.68. The summed E-state index contributed by atoms with van der Waals surface area (Å²) in [7, 11) is -1.94. The minimum atomic E-state index is -3.47. The number of hydrogen-bond acceptors (Lipinski definition) is 8. The molecule has 0 aliphatic carbocycles. The van der Waals surface area contributed by atoms with Gasteiger partial charge in [0.25, 0.3) is 0 Å². The molecule has 2 fully saturated rings. The first-order chi connectivity index (χ1) is 20.7. The van der Waals surface area contributed by atoms with Crippen LogP contribution in [0.4, 0.5) is 38.9 Å². The quantitative estimate of drug-likeness (QED) is 0.223. The number of aromatic nitrogens is 3. The third-order valence-corrected chi connectivity index (χ3v) is 10.8. The largest absolute Gasteiger partial charge is 0.369 e. The van der Waals surface area contributed by atoms with Crippen LogP contribution in [-0.2, 0) is 10.0 Å². The van der Waals surface area contributed by atoms with E-state index in [9.17, 15) is 8.42 Å². The summed E-state index contributed by atoms with van der Waals surface area (Å²) in [4.78, 5) is 17.1. The molecule has 0 saturated carbocycles. The molecule has 43 heavy (non-hydrogen) atoms. The molecule has 2 aromatic heterocycles. The van der Waals surface area contributed by atoms with Gasteiger partial charge in [0.2, 0.25) is 16.0 Å². The van der Waals surface area contributed by atoms with E-state index in [1.807, 2.05) is 24.3 Å². The fraction of sp³-hybridized carbons (Fsp3) is 0.419. The average molecular weight is 607 g/mol. The molecule has 0 unspecified atom stereocenters. The molecule has 6 rings (SSSR count). The molecule has 0 radical (unpaired) electrons. The lowest BCUT2D eigenvalue weighted by molar-refractivity contribution is 0.212. The van der Waals surface area contributed by atoms with Gasteiger partial charge in [-0.1, -0.05) is 19.1 Å². The van der Waals surface area contributed by atoms with Crippen molar-refractivity contribution in [3.05, 3.63) is 60.5 Å². The van der Waals surface area contributed by atoms with Crippen molar-refractivity contribution < 1.29 is 12.8 Å². The maximum atomic E-state index is 15.4. The van der Waals surface area contributed by atoms with E-state index in [-0.39, 0.29) is 17.5 Å². The first-order valence-corrected chi connectivity index (χ1v) is 16.5. The number of halogens is 1. The van der Waals surface area contributed by atoms with Crippen LogP contribution in [0.3, 0.4) is 0 Å². The molecule has 2 aliphatic rings. The van der Waals surface area contributed by atoms with Crippen molar-refractivity contribution in [3.63, 3.8) is 0 Å². The van der Waals surface area contributed by atoms with Crippen LogP contribution in [0, 0.1) is 11.2 Å². The molecule has 12 heteroatoms. The standard InChI is InChI=1S/C31H39FN8O2S/c1-4-39-17-13-31(21-39)14-18-40(19-15-31)26-11-10-22(20-24(26)32)34-30-36-28-23(12-16-33-28)29(37-30)35-25-8-6-7-9-27(25)38(3)43(41,42)5-2/h6-12,16,20H,4-5,13-15,17-19,21H2,1-3H3,(H3,33,34,35,36,37). The minimum absolute atomic E-state index is 0.0208. The van der Waals surface area contributed by atoms with Crippen molar-refractivity contribution in [2.75, 3.05) is 65.4 Å². The maximum absolute atomic E-state index is 15.4. The van der Waals surface area contributed by atoms with Gasteiger partial charge in [-0.2, -0.15) is 9.97 Å². The molecule has 0 amide bonds. The second-order valence-electron chi connectivity index (χ2n) is 11.5. The van der Waals surface area contributed by atoms with Crippen molar-refractivity contribution in [3.8, 4) is 0 Å². The first-order valence-electron chi connectivity index (χ1n) is 14.9. The van der Waals surface area contributed by atoms with Crippen LogP contribution in [0.15, 0.2) is 54.7 Å². The van der Waals surface area contributed by atoms with Crippen LogP contribution in [0.2, 0.25) is 0 Å². The number of nitrogens with zero attached hydrogens (tertiary/aromatic N) is 5. The molecule has 10 nitrogen and oxygen atoms in total. The SMILES string of the molecule is CCN1CCC2(CCN(c3ccc(Nc4nc(Nc5ccccc5N(C)S(=O)(=O)CC)c5cc[nH]c5n4)cc3F)CC2)C1. The van der Waals surface area contributed by atoms with Crippen molar-refractivity contribution in [2.24, 2.45) is 5.41 Å². The zero-order valence-electron chi connectivity index (χ0n) is 24.9. The van der Waals surface area contributed by atoms with E-state index >= 15 is 4.39 Å². The smallest absolute Gasteiger partial charge is 0.234 e. The summed E-state index contributed by atoms with van der Waals surface area (Å²) in [6.07, 6.45) is 5.18. The molecule has 228 valence electrons. The highest BCUT2D eigenvalue weighted by Crippen LogP contribution is 2.42. The number of anilines is 6. The molecule has 4 heterocycles. The Labute approximate surface area is 252 Å². The Bertz CT molecular complexity index is 1720. The summed E-state index contributed by atoms with van der Waals surface area (Å²) >= 11 is 0. The average Bonchev–Trinajstić information content (AvgIpc) is 3.65. The lowest BCUT2D eigenvalue weighted by atomic mass is 9.77. The monoisotopic (exact) mass is 606 g/mol. The number of fused-ring (bicyclic) bond motifs is 1. The molecule has 2 aromatic carbocycles. The predicted molar refractivity (Wildman–Crippen MR) is 172 cm³/mol. The van der Waals surface area contributed by atoms with Gasteiger partial charge in [-0.25, -0.2) is 12.8 Å². The molecule has 0 atom stereocenters. The van der Waals surface area contributed by atoms with Crippen molar-refractivity contribution in [1.29, 1.82) is 0 Å². The van der Waals surface area contributed by atoms with Crippen LogP contribution in [-0.4, -0.2) is 73.8 Å². The summed E-state index contributed by atoms with van der Waals surface area (Å²) < 4.78 is 41.9. The third kappa shape index (κ3) is 5.85. The van der Waals surface area contributed by atoms with E-state index < -0.39 is 10.0 Å². The third-order valence-electron chi connectivity index (χ3n) is 9.03. The number of para-hydroxylation sites is 2. The number of benzene rings is 2. The summed E-state index contributed by atoms with van der Waals surface area (Å²) in [5.41, 5.74) is 3.20. The van der Waals surface area contributed by atoms with Gasteiger partial charge in [-0.05, 0) is 81.1 Å². The number of likely N-dealkylation sites (tertiary alicyclic amines) is 1. The lowest BCUT2D eigenvalue weighted by Crippen LogP contribution is -2.42. The second kappa shape index (κ2) is 11.6. The lowest BCUT2D eigenvalue weighted by Gasteiger charge is -2.40. The van der Waals surface area contributed by atoms with Gasteiger partial charge in [0.15, 0.2) is 0 Å². The van der Waals surface area contributed by atoms with Gasteiger partial charge in [0.1, 0.15) is 17.3 Å². The van der Waals surface area contributed by atoms with E-state index in [2.05, 4.69) is 42.3 Å². The molecule has 2 saturated heterocycles. The van der Waals surface area contributed by atoms with E-state index in [1.54, 1.807) is 31.3 Å². The van der Waals surface area contributed by atoms with Gasteiger partial charge in [0.05, 0.1) is 28.2 Å². The Balaban J connectivity index is 1.21. The van der Waals surface area contributed by atoms with Crippen LogP contribution < -0.4 is 19.8 Å². The first kappa shape index (κ1) is 29.2. The number of hydrogen-bond donors (Lipinski definition) is 3. The molecule has 2 aliphatic heterocycles. The van der Waals surface area contributed by atoms with Crippen LogP contribution in [0.1, 0.15) is 33.1 Å². The zero-order valence-corrected chi connectivity index (χ0v) is 25.7. The summed E-state index contributed by atoms with van der Waals surface area (Å²) in [5.74, 6) is 0.457. The highest BCUT2D eigenvalue weighted by Gasteiger charge is 2.40. The Hall–Kier alpha value is -3.90. The van der Waals surface area contributed by atoms with Crippen molar-refractivity contribution >= 4 is 55.6 Å². The Morgan fingerprint density at radius 3 is 2.51 bits per heavy atom. The zero-order chi connectivity index (χ0) is 30.2.